The molecule has 0 aliphatic heterocycles. The number of halogens is 1. The van der Waals surface area contributed by atoms with Gasteiger partial charge in [-0.1, -0.05) is 19.3 Å². The van der Waals surface area contributed by atoms with Gasteiger partial charge in [0, 0.05) is 29.6 Å². The molecular formula is C20H20FN3S. The zero-order chi connectivity index (χ0) is 17.2. The third-order valence-electron chi connectivity index (χ3n) is 4.95. The minimum atomic E-state index is -0.237. The summed E-state index contributed by atoms with van der Waals surface area (Å²) in [7, 11) is 0. The number of aromatic nitrogens is 3. The summed E-state index contributed by atoms with van der Waals surface area (Å²) >= 11 is 5.68. The molecule has 0 saturated heterocycles. The molecule has 0 spiro atoms. The molecule has 0 unspecified atom stereocenters. The van der Waals surface area contributed by atoms with Crippen molar-refractivity contribution in [2.75, 3.05) is 0 Å². The van der Waals surface area contributed by atoms with Crippen molar-refractivity contribution < 1.29 is 4.39 Å². The summed E-state index contributed by atoms with van der Waals surface area (Å²) in [6.45, 7) is 0. The second kappa shape index (κ2) is 6.92. The van der Waals surface area contributed by atoms with Gasteiger partial charge in [0.25, 0.3) is 0 Å². The molecule has 5 heteroatoms. The van der Waals surface area contributed by atoms with Crippen LogP contribution in [0.3, 0.4) is 0 Å². The van der Waals surface area contributed by atoms with Crippen LogP contribution in [0.1, 0.15) is 38.1 Å². The fourth-order valence-electron chi connectivity index (χ4n) is 3.75. The van der Waals surface area contributed by atoms with E-state index in [4.69, 9.17) is 12.2 Å². The van der Waals surface area contributed by atoms with E-state index in [2.05, 4.69) is 14.5 Å². The highest BCUT2D eigenvalue weighted by Crippen LogP contribution is 2.38. The number of aromatic amines is 1. The molecule has 1 N–H and O–H groups in total. The van der Waals surface area contributed by atoms with Gasteiger partial charge in [0.1, 0.15) is 5.82 Å². The lowest BCUT2D eigenvalue weighted by atomic mass is 9.94. The average Bonchev–Trinajstić information content (AvgIpc) is 3.01. The van der Waals surface area contributed by atoms with Gasteiger partial charge in [-0.3, -0.25) is 4.98 Å². The molecule has 1 aliphatic carbocycles. The zero-order valence-corrected chi connectivity index (χ0v) is 14.7. The van der Waals surface area contributed by atoms with Gasteiger partial charge >= 0.3 is 0 Å². The van der Waals surface area contributed by atoms with Crippen LogP contribution in [0.15, 0.2) is 48.8 Å². The third-order valence-corrected chi connectivity index (χ3v) is 5.25. The number of imidazole rings is 1. The maximum absolute atomic E-state index is 13.4. The van der Waals surface area contributed by atoms with Gasteiger partial charge in [-0.15, -0.1) is 0 Å². The van der Waals surface area contributed by atoms with Gasteiger partial charge < -0.3 is 9.55 Å². The summed E-state index contributed by atoms with van der Waals surface area (Å²) in [6, 6.07) is 11.0. The molecule has 0 radical (unpaired) electrons. The first-order valence-corrected chi connectivity index (χ1v) is 9.16. The number of nitrogens with one attached hydrogen (secondary N) is 1. The third kappa shape index (κ3) is 3.16. The summed E-state index contributed by atoms with van der Waals surface area (Å²) in [6.07, 6.45) is 9.65. The zero-order valence-electron chi connectivity index (χ0n) is 13.9. The highest BCUT2D eigenvalue weighted by Gasteiger charge is 2.23. The van der Waals surface area contributed by atoms with Crippen molar-refractivity contribution in [2.45, 2.75) is 38.1 Å². The van der Waals surface area contributed by atoms with Crippen LogP contribution < -0.4 is 0 Å². The topological polar surface area (TPSA) is 33.6 Å². The second-order valence-electron chi connectivity index (χ2n) is 6.56. The van der Waals surface area contributed by atoms with Gasteiger partial charge in [0.2, 0.25) is 0 Å². The normalized spacial score (nSPS) is 15.4. The van der Waals surface area contributed by atoms with E-state index in [1.165, 1.54) is 31.4 Å². The van der Waals surface area contributed by atoms with E-state index in [0.29, 0.717) is 6.04 Å². The minimum absolute atomic E-state index is 0.237. The molecule has 0 bridgehead atoms. The fraction of sp³-hybridized carbons (Fsp3) is 0.300. The maximum Gasteiger partial charge on any atom is 0.178 e. The first kappa shape index (κ1) is 16.2. The molecule has 1 aliphatic rings. The number of H-pyrrole nitrogens is 1. The average molecular weight is 353 g/mol. The lowest BCUT2D eigenvalue weighted by Crippen LogP contribution is -2.14. The highest BCUT2D eigenvalue weighted by molar-refractivity contribution is 7.71. The molecular weight excluding hydrogens is 333 g/mol. The number of hydrogen-bond acceptors (Lipinski definition) is 2. The van der Waals surface area contributed by atoms with Crippen LogP contribution in [0.2, 0.25) is 0 Å². The first-order valence-electron chi connectivity index (χ1n) is 8.75. The van der Waals surface area contributed by atoms with Crippen LogP contribution in [0, 0.1) is 10.6 Å². The summed E-state index contributed by atoms with van der Waals surface area (Å²) in [4.78, 5) is 7.52. The fourth-order valence-corrected chi connectivity index (χ4v) is 4.10. The first-order chi connectivity index (χ1) is 12.2. The molecule has 1 saturated carbocycles. The van der Waals surface area contributed by atoms with E-state index in [1.807, 2.05) is 12.1 Å². The molecule has 0 amide bonds. The molecule has 3 aromatic rings. The second-order valence-corrected chi connectivity index (χ2v) is 6.95. The van der Waals surface area contributed by atoms with Crippen molar-refractivity contribution in [1.82, 2.24) is 14.5 Å². The molecule has 4 rings (SSSR count). The van der Waals surface area contributed by atoms with Crippen molar-refractivity contribution >= 4 is 12.2 Å². The number of rotatable bonds is 3. The van der Waals surface area contributed by atoms with E-state index >= 15 is 0 Å². The van der Waals surface area contributed by atoms with Gasteiger partial charge in [-0.05, 0) is 61.5 Å². The van der Waals surface area contributed by atoms with Crippen LogP contribution in [0.4, 0.5) is 4.39 Å². The Morgan fingerprint density at radius 3 is 2.32 bits per heavy atom. The predicted octanol–water partition coefficient (Wildman–Crippen LogP) is 5.92. The van der Waals surface area contributed by atoms with E-state index in [1.54, 1.807) is 24.5 Å². The Labute approximate surface area is 151 Å². The van der Waals surface area contributed by atoms with E-state index in [0.717, 1.165) is 40.1 Å². The minimum Gasteiger partial charge on any atom is -0.330 e. The van der Waals surface area contributed by atoms with Crippen molar-refractivity contribution in [3.63, 3.8) is 0 Å². The molecule has 2 heterocycles. The predicted molar refractivity (Wildman–Crippen MR) is 100 cm³/mol. The number of benzene rings is 1. The van der Waals surface area contributed by atoms with E-state index in [9.17, 15) is 4.39 Å². The van der Waals surface area contributed by atoms with Crippen molar-refractivity contribution in [1.29, 1.82) is 0 Å². The van der Waals surface area contributed by atoms with E-state index in [-0.39, 0.29) is 5.82 Å². The Bertz CT molecular complexity index is 906. The Kier molecular flexibility index (Phi) is 4.49. The van der Waals surface area contributed by atoms with Crippen molar-refractivity contribution in [3.8, 4) is 22.5 Å². The summed E-state index contributed by atoms with van der Waals surface area (Å²) in [5, 5.41) is 0. The van der Waals surface area contributed by atoms with Gasteiger partial charge in [-0.2, -0.15) is 0 Å². The van der Waals surface area contributed by atoms with Crippen LogP contribution in [0.5, 0.6) is 0 Å². The Balaban J connectivity index is 1.92. The molecule has 3 nitrogen and oxygen atoms in total. The molecule has 2 aromatic heterocycles. The number of hydrogen-bond donors (Lipinski definition) is 1. The van der Waals surface area contributed by atoms with Gasteiger partial charge in [0.05, 0.1) is 11.4 Å². The lowest BCUT2D eigenvalue weighted by Gasteiger charge is -2.25. The van der Waals surface area contributed by atoms with Crippen LogP contribution in [-0.2, 0) is 0 Å². The molecule has 25 heavy (non-hydrogen) atoms. The number of pyridine rings is 1. The van der Waals surface area contributed by atoms with Crippen LogP contribution in [-0.4, -0.2) is 14.5 Å². The quantitative estimate of drug-likeness (QED) is 0.593. The van der Waals surface area contributed by atoms with Crippen LogP contribution in [0.25, 0.3) is 22.5 Å². The lowest BCUT2D eigenvalue weighted by molar-refractivity contribution is 0.353. The smallest absolute Gasteiger partial charge is 0.178 e. The van der Waals surface area contributed by atoms with E-state index < -0.39 is 0 Å². The molecule has 1 aromatic carbocycles. The largest absolute Gasteiger partial charge is 0.330 e. The van der Waals surface area contributed by atoms with Crippen LogP contribution >= 0.6 is 12.2 Å². The van der Waals surface area contributed by atoms with Crippen molar-refractivity contribution in [3.05, 3.63) is 59.4 Å². The van der Waals surface area contributed by atoms with Gasteiger partial charge in [0.15, 0.2) is 4.77 Å². The number of nitrogens with zero attached hydrogens (tertiary/aromatic N) is 2. The SMILES string of the molecule is Fc1ccc(-c2[nH]c(=S)n(C3CCCCC3)c2-c2ccncc2)cc1. The van der Waals surface area contributed by atoms with Gasteiger partial charge in [-0.25, -0.2) is 4.39 Å². The monoisotopic (exact) mass is 353 g/mol. The molecule has 1 fully saturated rings. The summed E-state index contributed by atoms with van der Waals surface area (Å²) in [5.74, 6) is -0.237. The Morgan fingerprint density at radius 1 is 0.960 bits per heavy atom. The maximum atomic E-state index is 13.4. The molecule has 0 atom stereocenters. The van der Waals surface area contributed by atoms with Crippen molar-refractivity contribution in [2.24, 2.45) is 0 Å². The molecule has 128 valence electrons. The summed E-state index contributed by atoms with van der Waals surface area (Å²) < 4.78 is 16.4. The summed E-state index contributed by atoms with van der Waals surface area (Å²) in [5.41, 5.74) is 4.04. The standard InChI is InChI=1S/C20H20FN3S/c21-16-8-6-14(7-9-16)18-19(15-10-12-22-13-11-15)24(20(25)23-18)17-4-2-1-3-5-17/h6-13,17H,1-5H2,(H,23,25). The highest BCUT2D eigenvalue weighted by atomic mass is 32.1. The Hall–Kier alpha value is -2.27. The Morgan fingerprint density at radius 2 is 1.64 bits per heavy atom.